The zero-order valence-corrected chi connectivity index (χ0v) is 14.8. The number of nitrogens with two attached hydrogens (primary N) is 1. The van der Waals surface area contributed by atoms with E-state index in [0.717, 1.165) is 44.2 Å². The molecule has 8 heteroatoms. The zero-order valence-electron chi connectivity index (χ0n) is 14.8. The largest absolute Gasteiger partial charge is 0.495 e. The third-order valence-electron chi connectivity index (χ3n) is 4.33. The van der Waals surface area contributed by atoms with Gasteiger partial charge in [-0.1, -0.05) is 19.1 Å². The van der Waals surface area contributed by atoms with Crippen LogP contribution in [-0.2, 0) is 6.54 Å². The van der Waals surface area contributed by atoms with E-state index >= 15 is 0 Å². The van der Waals surface area contributed by atoms with Crippen molar-refractivity contribution in [3.63, 3.8) is 0 Å². The molecule has 1 aliphatic heterocycles. The van der Waals surface area contributed by atoms with Crippen molar-refractivity contribution in [1.29, 1.82) is 0 Å². The van der Waals surface area contributed by atoms with Crippen molar-refractivity contribution in [2.75, 3.05) is 50.9 Å². The summed E-state index contributed by atoms with van der Waals surface area (Å²) in [4.78, 5) is 17.8. The fourth-order valence-electron chi connectivity index (χ4n) is 2.90. The van der Waals surface area contributed by atoms with Crippen molar-refractivity contribution in [3.05, 3.63) is 30.1 Å². The minimum Gasteiger partial charge on any atom is -0.495 e. The molecule has 0 saturated carbocycles. The molecule has 1 aromatic heterocycles. The fourth-order valence-corrected chi connectivity index (χ4v) is 2.90. The Labute approximate surface area is 148 Å². The molecule has 0 bridgehead atoms. The summed E-state index contributed by atoms with van der Waals surface area (Å²) in [6, 6.07) is 7.61. The highest BCUT2D eigenvalue weighted by Gasteiger charge is 2.17. The Hall–Kier alpha value is -2.45. The highest BCUT2D eigenvalue weighted by molar-refractivity contribution is 5.62. The number of aromatic nitrogens is 3. The molecular formula is C17H25N7O. The van der Waals surface area contributed by atoms with Gasteiger partial charge in [-0.2, -0.15) is 15.0 Å². The summed E-state index contributed by atoms with van der Waals surface area (Å²) in [7, 11) is 1.63. The lowest BCUT2D eigenvalue weighted by molar-refractivity contribution is 0.129. The van der Waals surface area contributed by atoms with Gasteiger partial charge in [-0.25, -0.2) is 0 Å². The summed E-state index contributed by atoms with van der Waals surface area (Å²) in [6.07, 6.45) is 0. The molecule has 1 saturated heterocycles. The highest BCUT2D eigenvalue weighted by Crippen LogP contribution is 2.25. The summed E-state index contributed by atoms with van der Waals surface area (Å²) in [5.74, 6) is 2.04. The lowest BCUT2D eigenvalue weighted by Gasteiger charge is -2.33. The monoisotopic (exact) mass is 343 g/mol. The SMILES string of the molecule is CCN1CCN(Cc2nc(N)nc(Nc3ccccc3OC)n2)CC1. The Morgan fingerprint density at radius 1 is 1.08 bits per heavy atom. The molecule has 0 radical (unpaired) electrons. The number of anilines is 3. The maximum absolute atomic E-state index is 5.87. The Morgan fingerprint density at radius 3 is 2.52 bits per heavy atom. The average molecular weight is 343 g/mol. The van der Waals surface area contributed by atoms with Gasteiger partial charge in [0.25, 0.3) is 0 Å². The molecule has 0 spiro atoms. The predicted octanol–water partition coefficient (Wildman–Crippen LogP) is 1.34. The van der Waals surface area contributed by atoms with Gasteiger partial charge in [-0.3, -0.25) is 4.90 Å². The fraction of sp³-hybridized carbons (Fsp3) is 0.471. The molecule has 2 aromatic rings. The molecule has 8 nitrogen and oxygen atoms in total. The van der Waals surface area contributed by atoms with E-state index in [1.807, 2.05) is 24.3 Å². The second kappa shape index (κ2) is 8.09. The van der Waals surface area contributed by atoms with Crippen LogP contribution in [0.1, 0.15) is 12.7 Å². The van der Waals surface area contributed by atoms with E-state index in [0.29, 0.717) is 18.3 Å². The lowest BCUT2D eigenvalue weighted by atomic mass is 10.3. The molecule has 0 atom stereocenters. The van der Waals surface area contributed by atoms with Crippen LogP contribution in [0, 0.1) is 0 Å². The first kappa shape index (κ1) is 17.4. The van der Waals surface area contributed by atoms with Crippen LogP contribution >= 0.6 is 0 Å². The van der Waals surface area contributed by atoms with Crippen LogP contribution in [0.3, 0.4) is 0 Å². The number of nitrogens with zero attached hydrogens (tertiary/aromatic N) is 5. The number of hydrogen-bond donors (Lipinski definition) is 2. The van der Waals surface area contributed by atoms with Crippen molar-refractivity contribution >= 4 is 17.6 Å². The van der Waals surface area contributed by atoms with Gasteiger partial charge in [-0.15, -0.1) is 0 Å². The Bertz CT molecular complexity index is 701. The molecule has 1 aliphatic rings. The highest BCUT2D eigenvalue weighted by atomic mass is 16.5. The molecule has 3 rings (SSSR count). The third-order valence-corrected chi connectivity index (χ3v) is 4.33. The Kier molecular flexibility index (Phi) is 5.62. The topological polar surface area (TPSA) is 92.4 Å². The van der Waals surface area contributed by atoms with Crippen molar-refractivity contribution in [2.45, 2.75) is 13.5 Å². The number of rotatable bonds is 6. The first-order valence-electron chi connectivity index (χ1n) is 8.53. The van der Waals surface area contributed by atoms with Gasteiger partial charge < -0.3 is 20.7 Å². The summed E-state index contributed by atoms with van der Waals surface area (Å²) in [6.45, 7) is 8.12. The number of hydrogen-bond acceptors (Lipinski definition) is 8. The summed E-state index contributed by atoms with van der Waals surface area (Å²) in [5.41, 5.74) is 6.66. The van der Waals surface area contributed by atoms with Crippen LogP contribution in [0.5, 0.6) is 5.75 Å². The van der Waals surface area contributed by atoms with E-state index in [-0.39, 0.29) is 5.95 Å². The standard InChI is InChI=1S/C17H25N7O/c1-3-23-8-10-24(11-9-23)12-15-20-16(18)22-17(21-15)19-13-6-4-5-7-14(13)25-2/h4-7H,3,8-12H2,1-2H3,(H3,18,19,20,21,22). The van der Waals surface area contributed by atoms with E-state index in [9.17, 15) is 0 Å². The van der Waals surface area contributed by atoms with Crippen LogP contribution in [0.25, 0.3) is 0 Å². The van der Waals surface area contributed by atoms with E-state index in [1.165, 1.54) is 0 Å². The molecule has 25 heavy (non-hydrogen) atoms. The normalized spacial score (nSPS) is 15.9. The summed E-state index contributed by atoms with van der Waals surface area (Å²) < 4.78 is 5.34. The summed E-state index contributed by atoms with van der Waals surface area (Å²) in [5, 5.41) is 3.16. The third kappa shape index (κ3) is 4.55. The maximum atomic E-state index is 5.87. The van der Waals surface area contributed by atoms with E-state index in [4.69, 9.17) is 10.5 Å². The number of benzene rings is 1. The van der Waals surface area contributed by atoms with Gasteiger partial charge in [0, 0.05) is 26.2 Å². The Morgan fingerprint density at radius 2 is 1.80 bits per heavy atom. The number of piperazine rings is 1. The zero-order chi connectivity index (χ0) is 17.6. The van der Waals surface area contributed by atoms with Crippen LogP contribution < -0.4 is 15.8 Å². The number of likely N-dealkylation sites (N-methyl/N-ethyl adjacent to an activating group) is 1. The first-order valence-corrected chi connectivity index (χ1v) is 8.53. The molecule has 134 valence electrons. The number of ether oxygens (including phenoxy) is 1. The second-order valence-electron chi connectivity index (χ2n) is 5.97. The molecule has 3 N–H and O–H groups in total. The van der Waals surface area contributed by atoms with Crippen molar-refractivity contribution in [3.8, 4) is 5.75 Å². The molecule has 0 aliphatic carbocycles. The second-order valence-corrected chi connectivity index (χ2v) is 5.97. The minimum atomic E-state index is 0.217. The molecule has 0 unspecified atom stereocenters. The quantitative estimate of drug-likeness (QED) is 0.812. The smallest absolute Gasteiger partial charge is 0.232 e. The van der Waals surface area contributed by atoms with Crippen molar-refractivity contribution in [2.24, 2.45) is 0 Å². The van der Waals surface area contributed by atoms with Crippen molar-refractivity contribution < 1.29 is 4.74 Å². The number of para-hydroxylation sites is 2. The van der Waals surface area contributed by atoms with Crippen LogP contribution in [0.4, 0.5) is 17.6 Å². The predicted molar refractivity (Wildman–Crippen MR) is 97.9 cm³/mol. The number of nitrogens with one attached hydrogen (secondary N) is 1. The number of nitrogen functional groups attached to an aromatic ring is 1. The van der Waals surface area contributed by atoms with Gasteiger partial charge in [-0.05, 0) is 18.7 Å². The molecule has 2 heterocycles. The first-order chi connectivity index (χ1) is 12.2. The van der Waals surface area contributed by atoms with E-state index < -0.39 is 0 Å². The Balaban J connectivity index is 1.70. The van der Waals surface area contributed by atoms with Gasteiger partial charge >= 0.3 is 0 Å². The minimum absolute atomic E-state index is 0.217. The van der Waals surface area contributed by atoms with Gasteiger partial charge in [0.05, 0.1) is 19.3 Å². The molecule has 1 fully saturated rings. The maximum Gasteiger partial charge on any atom is 0.232 e. The lowest BCUT2D eigenvalue weighted by Crippen LogP contribution is -2.45. The van der Waals surface area contributed by atoms with Crippen LogP contribution in [-0.4, -0.2) is 64.6 Å². The average Bonchev–Trinajstić information content (AvgIpc) is 2.62. The van der Waals surface area contributed by atoms with E-state index in [2.05, 4.69) is 37.0 Å². The van der Waals surface area contributed by atoms with Crippen LogP contribution in [0.2, 0.25) is 0 Å². The van der Waals surface area contributed by atoms with Gasteiger partial charge in [0.2, 0.25) is 11.9 Å². The molecule has 0 amide bonds. The molecular weight excluding hydrogens is 318 g/mol. The molecule has 1 aromatic carbocycles. The summed E-state index contributed by atoms with van der Waals surface area (Å²) >= 11 is 0. The van der Waals surface area contributed by atoms with Gasteiger partial charge in [0.1, 0.15) is 11.6 Å². The van der Waals surface area contributed by atoms with E-state index in [1.54, 1.807) is 7.11 Å². The van der Waals surface area contributed by atoms with Crippen LogP contribution in [0.15, 0.2) is 24.3 Å². The van der Waals surface area contributed by atoms with Crippen molar-refractivity contribution in [1.82, 2.24) is 24.8 Å². The number of methoxy groups -OCH3 is 1. The van der Waals surface area contributed by atoms with Gasteiger partial charge in [0.15, 0.2) is 0 Å².